The van der Waals surface area contributed by atoms with Crippen molar-refractivity contribution < 1.29 is 18.0 Å². The van der Waals surface area contributed by atoms with E-state index in [1.54, 1.807) is 0 Å². The average Bonchev–Trinajstić information content (AvgIpc) is 3.05. The Bertz CT molecular complexity index is 811. The van der Waals surface area contributed by atoms with Crippen LogP contribution in [-0.2, 0) is 6.18 Å². The zero-order valence-electron chi connectivity index (χ0n) is 14.8. The van der Waals surface area contributed by atoms with Gasteiger partial charge in [-0.05, 0) is 44.1 Å². The summed E-state index contributed by atoms with van der Waals surface area (Å²) in [6.07, 6.45) is -2.71. The maximum atomic E-state index is 13.1. The van der Waals surface area contributed by atoms with Crippen LogP contribution < -0.4 is 5.32 Å². The van der Waals surface area contributed by atoms with E-state index in [0.717, 1.165) is 31.0 Å². The molecule has 1 N–H and O–H groups in total. The van der Waals surface area contributed by atoms with Crippen molar-refractivity contribution in [3.63, 3.8) is 0 Å². The fraction of sp³-hybridized carbons (Fsp3) is 0.350. The summed E-state index contributed by atoms with van der Waals surface area (Å²) in [7, 11) is 1.98. The number of nitrogens with zero attached hydrogens (tertiary/aromatic N) is 1. The van der Waals surface area contributed by atoms with E-state index in [1.807, 2.05) is 37.4 Å². The van der Waals surface area contributed by atoms with Gasteiger partial charge in [0.2, 0.25) is 0 Å². The standard InChI is InChI=1S/C20H20ClF3N2O/c1-26-12-6-11-16(26)18(13-7-3-2-4-8-13)25-19(27)14-9-5-10-15(17(14)21)20(22,23)24/h2-5,7-10,16,18H,6,11-12H2,1H3,(H,25,27). The van der Waals surface area contributed by atoms with E-state index >= 15 is 0 Å². The maximum absolute atomic E-state index is 13.1. The van der Waals surface area contributed by atoms with Crippen LogP contribution in [0.1, 0.15) is 40.4 Å². The first kappa shape index (κ1) is 19.7. The molecule has 1 heterocycles. The summed E-state index contributed by atoms with van der Waals surface area (Å²) in [6, 6.07) is 12.6. The monoisotopic (exact) mass is 396 g/mol. The first-order chi connectivity index (χ1) is 12.8. The molecule has 1 fully saturated rings. The van der Waals surface area contributed by atoms with Gasteiger partial charge in [0.25, 0.3) is 5.91 Å². The molecule has 0 spiro atoms. The lowest BCUT2D eigenvalue weighted by atomic mass is 9.96. The van der Waals surface area contributed by atoms with Crippen LogP contribution in [0.25, 0.3) is 0 Å². The highest BCUT2D eigenvalue weighted by Crippen LogP contribution is 2.36. The summed E-state index contributed by atoms with van der Waals surface area (Å²) >= 11 is 5.91. The number of carbonyl (C=O) groups is 1. The Morgan fingerprint density at radius 3 is 2.48 bits per heavy atom. The molecule has 0 aliphatic carbocycles. The van der Waals surface area contributed by atoms with E-state index in [2.05, 4.69) is 10.2 Å². The third kappa shape index (κ3) is 4.28. The van der Waals surface area contributed by atoms with Crippen LogP contribution in [-0.4, -0.2) is 30.4 Å². The summed E-state index contributed by atoms with van der Waals surface area (Å²) < 4.78 is 39.3. The highest BCUT2D eigenvalue weighted by molar-refractivity contribution is 6.34. The van der Waals surface area contributed by atoms with Crippen molar-refractivity contribution in [2.45, 2.75) is 31.1 Å². The second-order valence-corrected chi connectivity index (χ2v) is 7.09. The molecule has 1 aliphatic heterocycles. The summed E-state index contributed by atoms with van der Waals surface area (Å²) in [5.41, 5.74) is -0.271. The minimum Gasteiger partial charge on any atom is -0.344 e. The Morgan fingerprint density at radius 2 is 1.89 bits per heavy atom. The van der Waals surface area contributed by atoms with Gasteiger partial charge >= 0.3 is 6.18 Å². The summed E-state index contributed by atoms with van der Waals surface area (Å²) in [5.74, 6) is -0.611. The number of likely N-dealkylation sites (N-methyl/N-ethyl adjacent to an activating group) is 1. The molecule has 3 rings (SSSR count). The second-order valence-electron chi connectivity index (χ2n) is 6.72. The van der Waals surface area contributed by atoms with Crippen LogP contribution >= 0.6 is 11.6 Å². The van der Waals surface area contributed by atoms with Gasteiger partial charge in [0.15, 0.2) is 0 Å². The lowest BCUT2D eigenvalue weighted by molar-refractivity contribution is -0.137. The molecule has 2 unspecified atom stereocenters. The summed E-state index contributed by atoms with van der Waals surface area (Å²) in [5, 5.41) is 2.33. The Hall–Kier alpha value is -2.05. The smallest absolute Gasteiger partial charge is 0.344 e. The lowest BCUT2D eigenvalue weighted by Crippen LogP contribution is -2.41. The number of nitrogens with one attached hydrogen (secondary N) is 1. The average molecular weight is 397 g/mol. The largest absolute Gasteiger partial charge is 0.417 e. The Balaban J connectivity index is 1.92. The van der Waals surface area contributed by atoms with Gasteiger partial charge < -0.3 is 10.2 Å². The summed E-state index contributed by atoms with van der Waals surface area (Å²) in [6.45, 7) is 0.911. The molecular weight excluding hydrogens is 377 g/mol. The quantitative estimate of drug-likeness (QED) is 0.795. The number of carbonyl (C=O) groups excluding carboxylic acids is 1. The number of rotatable bonds is 4. The number of hydrogen-bond acceptors (Lipinski definition) is 2. The number of amides is 1. The van der Waals surface area contributed by atoms with E-state index in [4.69, 9.17) is 11.6 Å². The fourth-order valence-corrected chi connectivity index (χ4v) is 3.88. The van der Waals surface area contributed by atoms with Crippen LogP contribution in [0.2, 0.25) is 5.02 Å². The van der Waals surface area contributed by atoms with Gasteiger partial charge in [-0.3, -0.25) is 4.79 Å². The lowest BCUT2D eigenvalue weighted by Gasteiger charge is -2.30. The maximum Gasteiger partial charge on any atom is 0.417 e. The molecule has 2 atom stereocenters. The van der Waals surface area contributed by atoms with Crippen molar-refractivity contribution in [3.05, 3.63) is 70.2 Å². The fourth-order valence-electron chi connectivity index (χ4n) is 3.56. The Labute approximate surface area is 161 Å². The second kappa shape index (κ2) is 7.90. The third-order valence-corrected chi connectivity index (χ3v) is 5.36. The zero-order chi connectivity index (χ0) is 19.6. The molecule has 27 heavy (non-hydrogen) atoms. The zero-order valence-corrected chi connectivity index (χ0v) is 15.5. The minimum atomic E-state index is -4.61. The first-order valence-corrected chi connectivity index (χ1v) is 9.08. The number of likely N-dealkylation sites (tertiary alicyclic amines) is 1. The molecule has 7 heteroatoms. The summed E-state index contributed by atoms with van der Waals surface area (Å²) in [4.78, 5) is 15.0. The first-order valence-electron chi connectivity index (χ1n) is 8.71. The highest BCUT2D eigenvalue weighted by Gasteiger charge is 2.36. The molecule has 3 nitrogen and oxygen atoms in total. The van der Waals surface area contributed by atoms with Crippen LogP contribution in [0.4, 0.5) is 13.2 Å². The van der Waals surface area contributed by atoms with Crippen molar-refractivity contribution >= 4 is 17.5 Å². The number of halogens is 4. The van der Waals surface area contributed by atoms with Crippen molar-refractivity contribution in [1.29, 1.82) is 0 Å². The van der Waals surface area contributed by atoms with Gasteiger partial charge in [0.05, 0.1) is 22.2 Å². The van der Waals surface area contributed by atoms with Gasteiger partial charge in [0.1, 0.15) is 0 Å². The predicted molar refractivity (Wildman–Crippen MR) is 98.8 cm³/mol. The van der Waals surface area contributed by atoms with Crippen molar-refractivity contribution in [2.75, 3.05) is 13.6 Å². The Morgan fingerprint density at radius 1 is 1.19 bits per heavy atom. The SMILES string of the molecule is CN1CCCC1C(NC(=O)c1cccc(C(F)(F)F)c1Cl)c1ccccc1. The van der Waals surface area contributed by atoms with Crippen LogP contribution in [0.15, 0.2) is 48.5 Å². The van der Waals surface area contributed by atoms with E-state index in [0.29, 0.717) is 0 Å². The van der Waals surface area contributed by atoms with Crippen LogP contribution in [0.3, 0.4) is 0 Å². The molecule has 0 radical (unpaired) electrons. The molecule has 0 saturated carbocycles. The number of alkyl halides is 3. The predicted octanol–water partition coefficient (Wildman–Crippen LogP) is 4.92. The third-order valence-electron chi connectivity index (χ3n) is 4.96. The van der Waals surface area contributed by atoms with Crippen LogP contribution in [0.5, 0.6) is 0 Å². The normalized spacial score (nSPS) is 19.1. The van der Waals surface area contributed by atoms with E-state index in [1.165, 1.54) is 12.1 Å². The van der Waals surface area contributed by atoms with Gasteiger partial charge in [-0.25, -0.2) is 0 Å². The van der Waals surface area contributed by atoms with E-state index in [9.17, 15) is 18.0 Å². The van der Waals surface area contributed by atoms with Gasteiger partial charge in [-0.15, -0.1) is 0 Å². The van der Waals surface area contributed by atoms with Gasteiger partial charge in [-0.1, -0.05) is 48.0 Å². The van der Waals surface area contributed by atoms with Crippen molar-refractivity contribution in [2.24, 2.45) is 0 Å². The Kier molecular flexibility index (Phi) is 5.77. The highest BCUT2D eigenvalue weighted by atomic mass is 35.5. The minimum absolute atomic E-state index is 0.0703. The van der Waals surface area contributed by atoms with Gasteiger partial charge in [-0.2, -0.15) is 13.2 Å². The van der Waals surface area contributed by atoms with Crippen LogP contribution in [0, 0.1) is 0 Å². The molecule has 1 saturated heterocycles. The number of hydrogen-bond donors (Lipinski definition) is 1. The molecule has 2 aromatic rings. The van der Waals surface area contributed by atoms with E-state index in [-0.39, 0.29) is 17.6 Å². The number of benzene rings is 2. The molecule has 0 bridgehead atoms. The van der Waals surface area contributed by atoms with E-state index < -0.39 is 22.7 Å². The molecule has 2 aromatic carbocycles. The topological polar surface area (TPSA) is 32.3 Å². The molecular formula is C20H20ClF3N2O. The molecule has 144 valence electrons. The van der Waals surface area contributed by atoms with Gasteiger partial charge in [0, 0.05) is 6.04 Å². The molecule has 1 aliphatic rings. The molecule has 1 amide bonds. The van der Waals surface area contributed by atoms with Crippen molar-refractivity contribution in [1.82, 2.24) is 10.2 Å². The molecule has 0 aromatic heterocycles. The van der Waals surface area contributed by atoms with Crippen molar-refractivity contribution in [3.8, 4) is 0 Å².